The van der Waals surface area contributed by atoms with Crippen LogP contribution in [-0.2, 0) is 0 Å². The third kappa shape index (κ3) is 2.81. The third-order valence-corrected chi connectivity index (χ3v) is 5.30. The Hall–Kier alpha value is -3.30. The molecule has 136 valence electrons. The number of nitrogens with zero attached hydrogens (tertiary/aromatic N) is 1. The van der Waals surface area contributed by atoms with Crippen LogP contribution in [0, 0.1) is 0 Å². The average Bonchev–Trinajstić information content (AvgIpc) is 3.54. The van der Waals surface area contributed by atoms with E-state index in [2.05, 4.69) is 0 Å². The SMILES string of the molecule is [2H]C([2H])(C1=CC(=O)c2ccccc2C1=O)N1[C@@H](c2ccccc2)[C@@H]1c1ccccc1. The van der Waals surface area contributed by atoms with Gasteiger partial charge in [-0.05, 0) is 17.2 Å². The van der Waals surface area contributed by atoms with Crippen molar-refractivity contribution >= 4 is 11.6 Å². The molecule has 2 aliphatic rings. The molecule has 0 spiro atoms. The van der Waals surface area contributed by atoms with Crippen LogP contribution >= 0.6 is 0 Å². The van der Waals surface area contributed by atoms with E-state index in [4.69, 9.17) is 2.74 Å². The van der Waals surface area contributed by atoms with E-state index in [0.29, 0.717) is 5.56 Å². The predicted octanol–water partition coefficient (Wildman–Crippen LogP) is 4.79. The molecule has 0 saturated carbocycles. The summed E-state index contributed by atoms with van der Waals surface area (Å²) in [7, 11) is 0. The predicted molar refractivity (Wildman–Crippen MR) is 108 cm³/mol. The van der Waals surface area contributed by atoms with Gasteiger partial charge in [0.1, 0.15) is 0 Å². The van der Waals surface area contributed by atoms with Crippen molar-refractivity contribution in [2.24, 2.45) is 0 Å². The van der Waals surface area contributed by atoms with Crippen molar-refractivity contribution in [2.75, 3.05) is 6.50 Å². The lowest BCUT2D eigenvalue weighted by Gasteiger charge is -2.16. The van der Waals surface area contributed by atoms with Gasteiger partial charge in [0.25, 0.3) is 0 Å². The number of hydrogen-bond acceptors (Lipinski definition) is 3. The normalized spacial score (nSPS) is 24.7. The Balaban J connectivity index is 1.57. The van der Waals surface area contributed by atoms with E-state index in [0.717, 1.165) is 11.1 Å². The largest absolute Gasteiger partial charge is 0.289 e. The number of carbonyl (C=O) groups excluding carboxylic acids is 2. The lowest BCUT2D eigenvalue weighted by molar-refractivity contribution is 0.0980. The van der Waals surface area contributed by atoms with Crippen molar-refractivity contribution in [1.29, 1.82) is 0 Å². The maximum Gasteiger partial charge on any atom is 0.191 e. The smallest absolute Gasteiger partial charge is 0.191 e. The Labute approximate surface area is 166 Å². The zero-order chi connectivity index (χ0) is 20.9. The number of ketones is 2. The third-order valence-electron chi connectivity index (χ3n) is 5.30. The molecule has 2 atom stereocenters. The summed E-state index contributed by atoms with van der Waals surface area (Å²) < 4.78 is 17.8. The Bertz CT molecular complexity index is 1130. The summed E-state index contributed by atoms with van der Waals surface area (Å²) in [5.41, 5.74) is 2.44. The molecule has 0 amide bonds. The molecule has 1 saturated heterocycles. The molecule has 3 nitrogen and oxygen atoms in total. The van der Waals surface area contributed by atoms with E-state index in [9.17, 15) is 9.59 Å². The van der Waals surface area contributed by atoms with Crippen molar-refractivity contribution in [3.63, 3.8) is 0 Å². The molecule has 28 heavy (non-hydrogen) atoms. The number of fused-ring (bicyclic) bond motifs is 1. The molecule has 1 aliphatic heterocycles. The molecule has 1 aliphatic carbocycles. The number of allylic oxidation sites excluding steroid dienone is 1. The first-order valence-corrected chi connectivity index (χ1v) is 9.29. The zero-order valence-corrected chi connectivity index (χ0v) is 15.1. The van der Waals surface area contributed by atoms with Gasteiger partial charge in [-0.2, -0.15) is 0 Å². The van der Waals surface area contributed by atoms with Gasteiger partial charge in [0, 0.05) is 25.9 Å². The fourth-order valence-corrected chi connectivity index (χ4v) is 3.89. The van der Waals surface area contributed by atoms with Gasteiger partial charge in [0.15, 0.2) is 11.6 Å². The van der Waals surface area contributed by atoms with Crippen LogP contribution in [0.4, 0.5) is 0 Å². The second kappa shape index (κ2) is 6.70. The van der Waals surface area contributed by atoms with Gasteiger partial charge in [-0.25, -0.2) is 0 Å². The minimum Gasteiger partial charge on any atom is -0.289 e. The number of hydrogen-bond donors (Lipinski definition) is 0. The van der Waals surface area contributed by atoms with E-state index in [1.54, 1.807) is 29.2 Å². The fraction of sp³-hybridized carbons (Fsp3) is 0.120. The van der Waals surface area contributed by atoms with Crippen LogP contribution in [0.15, 0.2) is 96.6 Å². The van der Waals surface area contributed by atoms with E-state index in [-0.39, 0.29) is 29.0 Å². The first kappa shape index (κ1) is 14.7. The summed E-state index contributed by atoms with van der Waals surface area (Å²) >= 11 is 0. The highest BCUT2D eigenvalue weighted by molar-refractivity contribution is 6.24. The summed E-state index contributed by atoms with van der Waals surface area (Å²) in [5.74, 6) is -0.765. The highest BCUT2D eigenvalue weighted by Crippen LogP contribution is 2.54. The van der Waals surface area contributed by atoms with E-state index in [1.165, 1.54) is 6.08 Å². The average molecular weight is 367 g/mol. The molecular weight excluding hydrogens is 346 g/mol. The number of rotatable bonds is 4. The van der Waals surface area contributed by atoms with Crippen LogP contribution in [-0.4, -0.2) is 23.0 Å². The van der Waals surface area contributed by atoms with Crippen molar-refractivity contribution in [3.05, 3.63) is 119 Å². The first-order chi connectivity index (χ1) is 14.5. The van der Waals surface area contributed by atoms with Crippen LogP contribution < -0.4 is 0 Å². The molecule has 3 aromatic rings. The highest BCUT2D eigenvalue weighted by atomic mass is 16.1. The Kier molecular flexibility index (Phi) is 3.52. The van der Waals surface area contributed by atoms with E-state index >= 15 is 0 Å². The second-order valence-corrected chi connectivity index (χ2v) is 7.03. The van der Waals surface area contributed by atoms with Crippen LogP contribution in [0.25, 0.3) is 0 Å². The Morgan fingerprint density at radius 2 is 1.21 bits per heavy atom. The zero-order valence-electron chi connectivity index (χ0n) is 17.1. The summed E-state index contributed by atoms with van der Waals surface area (Å²) in [6.45, 7) is -2.10. The lowest BCUT2D eigenvalue weighted by atomic mass is 9.89. The number of Topliss-reactive ketones (excluding diaryl/α,β-unsaturated/α-hetero) is 1. The van der Waals surface area contributed by atoms with Crippen molar-refractivity contribution in [2.45, 2.75) is 12.1 Å². The topological polar surface area (TPSA) is 37.1 Å². The minimum absolute atomic E-state index is 0.106. The van der Waals surface area contributed by atoms with E-state index in [1.807, 2.05) is 60.7 Å². The van der Waals surface area contributed by atoms with Gasteiger partial charge in [-0.1, -0.05) is 84.9 Å². The quantitative estimate of drug-likeness (QED) is 0.622. The monoisotopic (exact) mass is 367 g/mol. The van der Waals surface area contributed by atoms with Crippen LogP contribution in [0.3, 0.4) is 0 Å². The molecule has 0 bridgehead atoms. The van der Waals surface area contributed by atoms with Crippen LogP contribution in [0.5, 0.6) is 0 Å². The summed E-state index contributed by atoms with van der Waals surface area (Å²) in [6, 6.07) is 25.6. The van der Waals surface area contributed by atoms with Gasteiger partial charge in [0.05, 0.1) is 12.1 Å². The molecule has 0 aromatic heterocycles. The van der Waals surface area contributed by atoms with Gasteiger partial charge in [-0.15, -0.1) is 0 Å². The molecule has 3 aromatic carbocycles. The Morgan fingerprint density at radius 1 is 0.714 bits per heavy atom. The summed E-state index contributed by atoms with van der Waals surface area (Å²) in [5, 5.41) is 0. The van der Waals surface area contributed by atoms with Crippen molar-refractivity contribution in [1.82, 2.24) is 4.90 Å². The molecule has 1 fully saturated rings. The highest BCUT2D eigenvalue weighted by Gasteiger charge is 2.49. The van der Waals surface area contributed by atoms with Crippen molar-refractivity contribution < 1.29 is 12.3 Å². The molecule has 0 N–H and O–H groups in total. The van der Waals surface area contributed by atoms with Gasteiger partial charge in [-0.3, -0.25) is 14.5 Å². The van der Waals surface area contributed by atoms with Gasteiger partial charge in [0.2, 0.25) is 0 Å². The lowest BCUT2D eigenvalue weighted by Crippen LogP contribution is -2.21. The summed E-state index contributed by atoms with van der Waals surface area (Å²) in [4.78, 5) is 27.4. The first-order valence-electron chi connectivity index (χ1n) is 10.3. The molecule has 0 radical (unpaired) electrons. The molecule has 3 heteroatoms. The van der Waals surface area contributed by atoms with Crippen LogP contribution in [0.2, 0.25) is 0 Å². The fourth-order valence-electron chi connectivity index (χ4n) is 3.89. The maximum atomic E-state index is 13.1. The van der Waals surface area contributed by atoms with Crippen molar-refractivity contribution in [3.8, 4) is 0 Å². The van der Waals surface area contributed by atoms with Crippen LogP contribution in [0.1, 0.15) is 46.7 Å². The van der Waals surface area contributed by atoms with Gasteiger partial charge >= 0.3 is 0 Å². The number of carbonyl (C=O) groups is 2. The molecule has 5 rings (SSSR count). The summed E-state index contributed by atoms with van der Waals surface area (Å²) in [6.07, 6.45) is 1.17. The standard InChI is InChI=1S/C25H19NO2/c27-22-15-19(25(28)21-14-8-7-13-20(21)22)16-26-23(17-9-3-1-4-10-17)24(26)18-11-5-2-6-12-18/h1-15,23-24H,16H2/t23-,24-/m0/s1/i16D2. The minimum atomic E-state index is -2.10. The van der Waals surface area contributed by atoms with Gasteiger partial charge < -0.3 is 0 Å². The molecule has 1 heterocycles. The Morgan fingerprint density at radius 3 is 1.79 bits per heavy atom. The second-order valence-electron chi connectivity index (χ2n) is 7.03. The maximum absolute atomic E-state index is 13.1. The van der Waals surface area contributed by atoms with E-state index < -0.39 is 12.3 Å². The molecular formula is C25H19NO2. The molecule has 0 unspecified atom stereocenters. The number of benzene rings is 3.